The van der Waals surface area contributed by atoms with Crippen LogP contribution in [0.25, 0.3) is 0 Å². The zero-order valence-corrected chi connectivity index (χ0v) is 20.2. The molecule has 0 spiro atoms. The Bertz CT molecular complexity index is 1330. The Labute approximate surface area is 206 Å². The van der Waals surface area contributed by atoms with Crippen molar-refractivity contribution < 1.29 is 14.3 Å². The molecule has 2 aromatic carbocycles. The van der Waals surface area contributed by atoms with Crippen LogP contribution < -0.4 is 20.3 Å². The van der Waals surface area contributed by atoms with Crippen molar-refractivity contribution in [3.8, 4) is 23.8 Å². The van der Waals surface area contributed by atoms with E-state index in [1.165, 1.54) is 18.9 Å². The minimum Gasteiger partial charge on any atom is -0.493 e. The molecule has 34 heavy (non-hydrogen) atoms. The second-order valence-electron chi connectivity index (χ2n) is 7.64. The molecular weight excluding hydrogens is 474 g/mol. The van der Waals surface area contributed by atoms with E-state index in [0.717, 1.165) is 11.1 Å². The van der Waals surface area contributed by atoms with Gasteiger partial charge in [-0.1, -0.05) is 47.5 Å². The largest absolute Gasteiger partial charge is 0.493 e. The third-order valence-corrected chi connectivity index (χ3v) is 6.84. The number of hydrogen-bond acceptors (Lipinski definition) is 6. The number of halogens is 1. The predicted octanol–water partition coefficient (Wildman–Crippen LogP) is 4.22. The minimum absolute atomic E-state index is 0.102. The van der Waals surface area contributed by atoms with Gasteiger partial charge >= 0.3 is 0 Å². The molecule has 0 saturated heterocycles. The number of ether oxygens (including phenoxy) is 2. The van der Waals surface area contributed by atoms with Crippen molar-refractivity contribution in [3.63, 3.8) is 0 Å². The van der Waals surface area contributed by atoms with Crippen molar-refractivity contribution in [2.45, 2.75) is 23.2 Å². The van der Waals surface area contributed by atoms with Gasteiger partial charge in [-0.05, 0) is 35.4 Å². The van der Waals surface area contributed by atoms with Crippen LogP contribution in [0.4, 0.5) is 5.82 Å². The van der Waals surface area contributed by atoms with Crippen LogP contribution in [0.5, 0.6) is 11.5 Å². The van der Waals surface area contributed by atoms with Gasteiger partial charge in [-0.3, -0.25) is 9.59 Å². The zero-order valence-electron chi connectivity index (χ0n) is 18.6. The Kier molecular flexibility index (Phi) is 7.15. The minimum atomic E-state index is -0.471. The number of thioether (sulfide) groups is 1. The summed E-state index contributed by atoms with van der Waals surface area (Å²) in [7, 11) is 3.31. The van der Waals surface area contributed by atoms with E-state index in [1.807, 2.05) is 30.3 Å². The van der Waals surface area contributed by atoms with Crippen LogP contribution >= 0.6 is 23.4 Å². The van der Waals surface area contributed by atoms with Gasteiger partial charge in [0.2, 0.25) is 5.91 Å². The molecule has 1 amide bonds. The molecule has 9 heteroatoms. The monoisotopic (exact) mass is 495 g/mol. The van der Waals surface area contributed by atoms with Crippen LogP contribution in [0.15, 0.2) is 52.4 Å². The highest BCUT2D eigenvalue weighted by molar-refractivity contribution is 7.98. The second-order valence-corrected chi connectivity index (χ2v) is 9.02. The highest BCUT2D eigenvalue weighted by atomic mass is 35.5. The van der Waals surface area contributed by atoms with Gasteiger partial charge in [0.05, 0.1) is 12.7 Å². The highest BCUT2D eigenvalue weighted by Crippen LogP contribution is 2.39. The van der Waals surface area contributed by atoms with Gasteiger partial charge in [0.25, 0.3) is 5.56 Å². The molecule has 0 aliphatic carbocycles. The van der Waals surface area contributed by atoms with Crippen LogP contribution in [0.1, 0.15) is 29.0 Å². The summed E-state index contributed by atoms with van der Waals surface area (Å²) in [5, 5.41) is 4.03. The maximum absolute atomic E-state index is 13.2. The smallest absolute Gasteiger partial charge is 0.279 e. The number of benzene rings is 2. The van der Waals surface area contributed by atoms with E-state index in [4.69, 9.17) is 27.5 Å². The topological polar surface area (TPSA) is 82.5 Å². The summed E-state index contributed by atoms with van der Waals surface area (Å²) < 4.78 is 12.7. The van der Waals surface area contributed by atoms with Crippen molar-refractivity contribution in [1.82, 2.24) is 9.55 Å². The third-order valence-electron chi connectivity index (χ3n) is 5.48. The number of anilines is 1. The van der Waals surface area contributed by atoms with E-state index in [9.17, 15) is 9.59 Å². The number of nitrogens with zero attached hydrogens (tertiary/aromatic N) is 2. The summed E-state index contributed by atoms with van der Waals surface area (Å²) in [6, 6.07) is 12.8. The van der Waals surface area contributed by atoms with Gasteiger partial charge in [-0.15, -0.1) is 6.42 Å². The summed E-state index contributed by atoms with van der Waals surface area (Å²) in [6.45, 7) is 0.102. The van der Waals surface area contributed by atoms with Gasteiger partial charge in [0, 0.05) is 30.2 Å². The zero-order chi connectivity index (χ0) is 24.2. The fraction of sp³-hybridized carbons (Fsp3) is 0.240. The lowest BCUT2D eigenvalue weighted by Gasteiger charge is -2.28. The molecule has 0 saturated carbocycles. The molecule has 1 N–H and O–H groups in total. The molecule has 1 aromatic heterocycles. The Morgan fingerprint density at radius 2 is 2.00 bits per heavy atom. The number of aromatic nitrogens is 2. The first-order chi connectivity index (χ1) is 16.4. The number of carbonyl (C=O) groups is 1. The molecular formula is C25H22ClN3O4S. The van der Waals surface area contributed by atoms with E-state index >= 15 is 0 Å². The van der Waals surface area contributed by atoms with E-state index < -0.39 is 5.92 Å². The molecule has 7 nitrogen and oxygen atoms in total. The van der Waals surface area contributed by atoms with Gasteiger partial charge < -0.3 is 19.4 Å². The van der Waals surface area contributed by atoms with Crippen molar-refractivity contribution in [1.29, 1.82) is 0 Å². The first-order valence-corrected chi connectivity index (χ1v) is 11.8. The number of terminal acetylenes is 1. The number of hydrogen-bond donors (Lipinski definition) is 1. The molecule has 0 bridgehead atoms. The Balaban J connectivity index is 1.69. The summed E-state index contributed by atoms with van der Waals surface area (Å²) in [5.41, 5.74) is 1.87. The molecule has 1 aliphatic heterocycles. The van der Waals surface area contributed by atoms with Gasteiger partial charge in [0.1, 0.15) is 12.4 Å². The van der Waals surface area contributed by atoms with Crippen molar-refractivity contribution in [2.75, 3.05) is 19.0 Å². The number of fused-ring (bicyclic) bond motifs is 1. The summed E-state index contributed by atoms with van der Waals surface area (Å²) in [6.07, 6.45) is 5.40. The quantitative estimate of drug-likeness (QED) is 0.300. The fourth-order valence-corrected chi connectivity index (χ4v) is 4.86. The lowest BCUT2D eigenvalue weighted by Crippen LogP contribution is -2.33. The number of methoxy groups -OCH3 is 1. The predicted molar refractivity (Wildman–Crippen MR) is 133 cm³/mol. The van der Waals surface area contributed by atoms with Crippen molar-refractivity contribution in [3.05, 3.63) is 74.5 Å². The summed E-state index contributed by atoms with van der Waals surface area (Å²) >= 11 is 7.37. The van der Waals surface area contributed by atoms with Gasteiger partial charge in [0.15, 0.2) is 16.7 Å². The van der Waals surface area contributed by atoms with Crippen LogP contribution in [0.2, 0.25) is 5.02 Å². The van der Waals surface area contributed by atoms with Crippen molar-refractivity contribution in [2.24, 2.45) is 7.05 Å². The lowest BCUT2D eigenvalue weighted by molar-refractivity contribution is -0.116. The second kappa shape index (κ2) is 10.2. The molecule has 0 fully saturated rings. The molecule has 0 radical (unpaired) electrons. The lowest BCUT2D eigenvalue weighted by atomic mass is 9.86. The van der Waals surface area contributed by atoms with E-state index in [0.29, 0.717) is 38.8 Å². The Morgan fingerprint density at radius 1 is 1.24 bits per heavy atom. The van der Waals surface area contributed by atoms with E-state index in [1.54, 1.807) is 23.7 Å². The normalized spacial score (nSPS) is 14.6. The highest BCUT2D eigenvalue weighted by Gasteiger charge is 2.32. The average Bonchev–Trinajstić information content (AvgIpc) is 2.84. The fourth-order valence-electron chi connectivity index (χ4n) is 3.82. The standard InChI is InChI=1S/C25H22ClN3O4S/c1-4-11-33-19-10-7-16(12-20(19)32-3)18-13-21(30)27-23-22(18)24(31)28-25(29(23)2)34-14-15-5-8-17(26)9-6-15/h1,5-10,12,18H,11,13-14H2,2-3H3,(H,27,30)/t18-/m1/s1. The van der Waals surface area contributed by atoms with Crippen LogP contribution in [0.3, 0.4) is 0 Å². The molecule has 1 atom stereocenters. The molecule has 1 aliphatic rings. The number of amides is 1. The summed E-state index contributed by atoms with van der Waals surface area (Å²) in [5.74, 6) is 3.78. The van der Waals surface area contributed by atoms with Crippen molar-refractivity contribution >= 4 is 35.1 Å². The first kappa shape index (κ1) is 23.7. The first-order valence-electron chi connectivity index (χ1n) is 10.4. The van der Waals surface area contributed by atoms with Gasteiger partial charge in [-0.2, -0.15) is 4.98 Å². The molecule has 4 rings (SSSR count). The average molecular weight is 496 g/mol. The van der Waals surface area contributed by atoms with Crippen LogP contribution in [-0.4, -0.2) is 29.2 Å². The van der Waals surface area contributed by atoms with E-state index in [2.05, 4.69) is 16.2 Å². The number of carbonyl (C=O) groups excluding carboxylic acids is 1. The molecule has 174 valence electrons. The Morgan fingerprint density at radius 3 is 2.71 bits per heavy atom. The number of rotatable bonds is 7. The third kappa shape index (κ3) is 4.91. The van der Waals surface area contributed by atoms with Crippen LogP contribution in [-0.2, 0) is 17.6 Å². The maximum Gasteiger partial charge on any atom is 0.279 e. The summed E-state index contributed by atoms with van der Waals surface area (Å²) in [4.78, 5) is 30.1. The number of nitrogens with one attached hydrogen (secondary N) is 1. The SMILES string of the molecule is C#CCOc1ccc([C@H]2CC(=O)Nc3c2c(=O)nc(SCc2ccc(Cl)cc2)n3C)cc1OC. The van der Waals surface area contributed by atoms with Gasteiger partial charge in [-0.25, -0.2) is 0 Å². The molecule has 2 heterocycles. The molecule has 0 unspecified atom stereocenters. The molecule has 3 aromatic rings. The van der Waals surface area contributed by atoms with Crippen LogP contribution in [0, 0.1) is 12.3 Å². The Hall–Kier alpha value is -3.41. The van der Waals surface area contributed by atoms with E-state index in [-0.39, 0.29) is 24.5 Å². The maximum atomic E-state index is 13.2.